The first-order valence-corrected chi connectivity index (χ1v) is 11.6. The van der Waals surface area contributed by atoms with E-state index in [1.807, 2.05) is 0 Å². The Hall–Kier alpha value is -4.52. The van der Waals surface area contributed by atoms with Crippen LogP contribution in [-0.2, 0) is 15.8 Å². The quantitative estimate of drug-likeness (QED) is 0.275. The van der Waals surface area contributed by atoms with E-state index < -0.39 is 47.1 Å². The van der Waals surface area contributed by atoms with Crippen LogP contribution in [0.1, 0.15) is 28.8 Å². The van der Waals surface area contributed by atoms with Crippen LogP contribution < -0.4 is 15.8 Å². The summed E-state index contributed by atoms with van der Waals surface area (Å²) in [6, 6.07) is 12.2. The lowest BCUT2D eigenvalue weighted by molar-refractivity contribution is -0.265. The fraction of sp³-hybridized carbons (Fsp3) is 0.231. The summed E-state index contributed by atoms with van der Waals surface area (Å²) >= 11 is 0. The molecule has 9 nitrogen and oxygen atoms in total. The first-order valence-electron chi connectivity index (χ1n) is 11.6. The molecule has 0 radical (unpaired) electrons. The third-order valence-electron chi connectivity index (χ3n) is 6.74. The van der Waals surface area contributed by atoms with E-state index in [0.29, 0.717) is 11.0 Å². The van der Waals surface area contributed by atoms with Crippen LogP contribution in [0.5, 0.6) is 5.75 Å². The van der Waals surface area contributed by atoms with Gasteiger partial charge in [-0.15, -0.1) is 0 Å². The van der Waals surface area contributed by atoms with E-state index in [1.54, 1.807) is 24.3 Å². The van der Waals surface area contributed by atoms with Gasteiger partial charge in [0, 0.05) is 11.1 Å². The normalized spacial score (nSPS) is 18.3. The lowest BCUT2D eigenvalue weighted by Crippen LogP contribution is -2.52. The number of benzene rings is 2. The number of nitrogens with zero attached hydrogens (tertiary/aromatic N) is 2. The van der Waals surface area contributed by atoms with Crippen LogP contribution in [0.4, 0.5) is 17.6 Å². The number of nitrogens with two attached hydrogens (primary N) is 1. The van der Waals surface area contributed by atoms with Gasteiger partial charge in [-0.2, -0.15) is 13.2 Å². The number of amides is 2. The number of imidazole rings is 1. The van der Waals surface area contributed by atoms with Crippen LogP contribution >= 0.6 is 0 Å². The lowest BCUT2D eigenvalue weighted by Gasteiger charge is -2.31. The molecule has 0 spiro atoms. The molecule has 1 unspecified atom stereocenters. The highest BCUT2D eigenvalue weighted by Crippen LogP contribution is 2.47. The van der Waals surface area contributed by atoms with Gasteiger partial charge in [0.05, 0.1) is 23.3 Å². The van der Waals surface area contributed by atoms with E-state index >= 15 is 0 Å². The zero-order chi connectivity index (χ0) is 28.2. The molecule has 0 saturated carbocycles. The molecule has 3 heterocycles. The number of carbonyl (C=O) groups is 2. The summed E-state index contributed by atoms with van der Waals surface area (Å²) in [6.07, 6.45) is -5.34. The Labute approximate surface area is 218 Å². The van der Waals surface area contributed by atoms with Crippen molar-refractivity contribution in [2.75, 3.05) is 13.2 Å². The summed E-state index contributed by atoms with van der Waals surface area (Å²) in [7, 11) is 0. The molecule has 2 atom stereocenters. The Morgan fingerprint density at radius 1 is 1.15 bits per heavy atom. The average Bonchev–Trinajstić information content (AvgIpc) is 3.49. The van der Waals surface area contributed by atoms with Crippen molar-refractivity contribution < 1.29 is 37.0 Å². The number of rotatable bonds is 6. The molecular weight excluding hydrogens is 522 g/mol. The number of ether oxygens (including phenoxy) is 1. The summed E-state index contributed by atoms with van der Waals surface area (Å²) in [5.74, 6) is -2.77. The van der Waals surface area contributed by atoms with Crippen molar-refractivity contribution in [1.29, 1.82) is 0 Å². The van der Waals surface area contributed by atoms with Crippen molar-refractivity contribution in [1.82, 2.24) is 20.3 Å². The smallest absolute Gasteiger partial charge is 0.424 e. The van der Waals surface area contributed by atoms with Gasteiger partial charge in [-0.3, -0.25) is 9.59 Å². The number of para-hydroxylation sites is 2. The molecule has 39 heavy (non-hydrogen) atoms. The van der Waals surface area contributed by atoms with Crippen molar-refractivity contribution in [3.05, 3.63) is 77.5 Å². The van der Waals surface area contributed by atoms with Gasteiger partial charge < -0.3 is 25.9 Å². The van der Waals surface area contributed by atoms with E-state index in [9.17, 15) is 32.3 Å². The second-order valence-corrected chi connectivity index (χ2v) is 9.37. The van der Waals surface area contributed by atoms with Crippen molar-refractivity contribution >= 4 is 22.8 Å². The van der Waals surface area contributed by atoms with Crippen molar-refractivity contribution in [2.24, 2.45) is 5.73 Å². The molecule has 5 N–H and O–H groups in total. The number of pyridine rings is 1. The zero-order valence-corrected chi connectivity index (χ0v) is 20.3. The molecule has 1 aliphatic rings. The van der Waals surface area contributed by atoms with Crippen LogP contribution in [0.25, 0.3) is 22.3 Å². The molecule has 13 heteroatoms. The molecule has 0 fully saturated rings. The van der Waals surface area contributed by atoms with Crippen molar-refractivity contribution in [3.63, 3.8) is 0 Å². The number of primary amides is 1. The maximum absolute atomic E-state index is 14.5. The molecule has 4 aromatic rings. The van der Waals surface area contributed by atoms with Crippen LogP contribution in [0, 0.1) is 5.82 Å². The number of halogens is 4. The molecule has 1 aliphatic heterocycles. The minimum atomic E-state index is -5.34. The Morgan fingerprint density at radius 2 is 1.85 bits per heavy atom. The lowest BCUT2D eigenvalue weighted by atomic mass is 9.81. The molecule has 5 rings (SSSR count). The summed E-state index contributed by atoms with van der Waals surface area (Å²) in [6.45, 7) is -0.241. The second-order valence-electron chi connectivity index (χ2n) is 9.37. The molecule has 2 aromatic heterocycles. The molecule has 2 amide bonds. The Bertz CT molecular complexity index is 1570. The molecule has 2 aromatic carbocycles. The van der Waals surface area contributed by atoms with Gasteiger partial charge in [0.25, 0.3) is 5.91 Å². The number of hydrogen-bond donors (Lipinski definition) is 4. The van der Waals surface area contributed by atoms with E-state index in [0.717, 1.165) is 18.2 Å². The first-order chi connectivity index (χ1) is 18.3. The number of carbonyl (C=O) groups excluding carboxylic acids is 2. The number of aromatic amines is 1. The third kappa shape index (κ3) is 4.34. The fourth-order valence-electron chi connectivity index (χ4n) is 4.29. The topological polar surface area (TPSA) is 143 Å². The maximum atomic E-state index is 14.5. The van der Waals surface area contributed by atoms with Gasteiger partial charge in [-0.25, -0.2) is 14.4 Å². The number of nitrogens with one attached hydrogen (secondary N) is 2. The van der Waals surface area contributed by atoms with Gasteiger partial charge in [0.15, 0.2) is 5.82 Å². The fourth-order valence-corrected chi connectivity index (χ4v) is 4.29. The predicted molar refractivity (Wildman–Crippen MR) is 130 cm³/mol. The summed E-state index contributed by atoms with van der Waals surface area (Å²) in [4.78, 5) is 35.8. The third-order valence-corrected chi connectivity index (χ3v) is 6.74. The number of hydrogen-bond acceptors (Lipinski definition) is 6. The number of aliphatic hydroxyl groups is 1. The van der Waals surface area contributed by atoms with E-state index in [2.05, 4.69) is 20.3 Å². The summed E-state index contributed by atoms with van der Waals surface area (Å²) in [5.41, 5.74) is 0.246. The molecule has 202 valence electrons. The van der Waals surface area contributed by atoms with E-state index in [4.69, 9.17) is 10.5 Å². The van der Waals surface area contributed by atoms with Gasteiger partial charge in [0.2, 0.25) is 11.5 Å². The number of H-pyrrole nitrogens is 1. The molecule has 0 aliphatic carbocycles. The standard InChI is InChI=1S/C26H21F4N5O4/c1-24(23(31)37)12-39-20-15(24)10-18(35-19(20)13-6-8-14(27)9-7-13)25(38,26(28,29)30)11-32-22(36)21-33-16-4-2-3-5-17(16)34-21/h2-10,38H,11-12H2,1H3,(H2,31,37)(H,32,36)(H,33,34)/t24-,25?/m0/s1. The van der Waals surface area contributed by atoms with Gasteiger partial charge in [-0.05, 0) is 49.4 Å². The van der Waals surface area contributed by atoms with Crippen LogP contribution in [0.3, 0.4) is 0 Å². The van der Waals surface area contributed by atoms with Gasteiger partial charge in [0.1, 0.15) is 29.3 Å². The second kappa shape index (κ2) is 9.05. The highest BCUT2D eigenvalue weighted by Gasteiger charge is 2.57. The Kier molecular flexibility index (Phi) is 6.06. The van der Waals surface area contributed by atoms with Crippen molar-refractivity contribution in [2.45, 2.75) is 24.1 Å². The average molecular weight is 543 g/mol. The molecule has 0 saturated heterocycles. The number of aromatic nitrogens is 3. The SMILES string of the molecule is C[C@]1(C(N)=O)COc2c1cc(C(O)(CNC(=O)c1nc3ccccc3[nH]1)C(F)(F)F)nc2-c1ccc(F)cc1. The monoisotopic (exact) mass is 543 g/mol. The zero-order valence-electron chi connectivity index (χ0n) is 20.3. The highest BCUT2D eigenvalue weighted by atomic mass is 19.4. The van der Waals surface area contributed by atoms with Gasteiger partial charge >= 0.3 is 6.18 Å². The van der Waals surface area contributed by atoms with E-state index in [1.165, 1.54) is 19.1 Å². The Balaban J connectivity index is 1.59. The highest BCUT2D eigenvalue weighted by molar-refractivity contribution is 5.94. The minimum absolute atomic E-state index is 0.0255. The largest absolute Gasteiger partial charge is 0.489 e. The molecule has 0 bridgehead atoms. The minimum Gasteiger partial charge on any atom is -0.489 e. The Morgan fingerprint density at radius 3 is 2.49 bits per heavy atom. The summed E-state index contributed by atoms with van der Waals surface area (Å²) in [5, 5.41) is 13.1. The summed E-state index contributed by atoms with van der Waals surface area (Å²) < 4.78 is 62.6. The predicted octanol–water partition coefficient (Wildman–Crippen LogP) is 3.08. The number of alkyl halides is 3. The van der Waals surface area contributed by atoms with E-state index in [-0.39, 0.29) is 35.0 Å². The van der Waals surface area contributed by atoms with Crippen LogP contribution in [0.15, 0.2) is 54.6 Å². The number of fused-ring (bicyclic) bond motifs is 2. The maximum Gasteiger partial charge on any atom is 0.424 e. The van der Waals surface area contributed by atoms with Crippen LogP contribution in [0.2, 0.25) is 0 Å². The van der Waals surface area contributed by atoms with Crippen LogP contribution in [-0.4, -0.2) is 51.2 Å². The van der Waals surface area contributed by atoms with Gasteiger partial charge in [-0.1, -0.05) is 12.1 Å². The van der Waals surface area contributed by atoms with Crippen molar-refractivity contribution in [3.8, 4) is 17.0 Å². The molecular formula is C26H21F4N5O4. The first kappa shape index (κ1) is 26.1.